The zero-order valence-electron chi connectivity index (χ0n) is 5.94. The first-order chi connectivity index (χ1) is 3.75. The van der Waals surface area contributed by atoms with E-state index in [-0.39, 0.29) is 0 Å². The summed E-state index contributed by atoms with van der Waals surface area (Å²) in [4.78, 5) is 0. The van der Waals surface area contributed by atoms with E-state index >= 15 is 0 Å². The maximum atomic E-state index is 2.36. The van der Waals surface area contributed by atoms with Crippen LogP contribution in [0.2, 0.25) is 0 Å². The molecule has 0 aliphatic heterocycles. The van der Waals surface area contributed by atoms with Crippen molar-refractivity contribution in [2.75, 3.05) is 0 Å². The van der Waals surface area contributed by atoms with Gasteiger partial charge in [0.15, 0.2) is 0 Å². The Balaban J connectivity index is 2.49. The molecule has 0 bridgehead atoms. The van der Waals surface area contributed by atoms with E-state index in [2.05, 4.69) is 26.8 Å². The van der Waals surface area contributed by atoms with Gasteiger partial charge in [0.05, 0.1) is 0 Å². The Hall–Kier alpha value is -0.260. The standard InChI is InChI=1S/C8H14/c1-4-8-6(2)5-7(8)3/h5-6,8H,4H2,1-3H3. The highest BCUT2D eigenvalue weighted by Crippen LogP contribution is 2.34. The second kappa shape index (κ2) is 1.93. The first-order valence-corrected chi connectivity index (χ1v) is 3.44. The highest BCUT2D eigenvalue weighted by atomic mass is 14.3. The monoisotopic (exact) mass is 110 g/mol. The maximum absolute atomic E-state index is 2.36. The summed E-state index contributed by atoms with van der Waals surface area (Å²) in [6.45, 7) is 6.78. The average Bonchev–Trinajstić information content (AvgIpc) is 1.67. The Morgan fingerprint density at radius 2 is 2.25 bits per heavy atom. The Morgan fingerprint density at radius 3 is 2.38 bits per heavy atom. The van der Waals surface area contributed by atoms with Crippen LogP contribution in [0.4, 0.5) is 0 Å². The molecule has 0 aromatic carbocycles. The molecule has 0 amide bonds. The first-order valence-electron chi connectivity index (χ1n) is 3.44. The average molecular weight is 110 g/mol. The molecule has 1 rings (SSSR count). The Kier molecular flexibility index (Phi) is 1.41. The minimum atomic E-state index is 0.861. The van der Waals surface area contributed by atoms with E-state index in [1.165, 1.54) is 6.42 Å². The fourth-order valence-electron chi connectivity index (χ4n) is 1.64. The minimum Gasteiger partial charge on any atom is -0.0819 e. The Bertz CT molecular complexity index is 111. The van der Waals surface area contributed by atoms with Gasteiger partial charge in [-0.1, -0.05) is 25.5 Å². The molecule has 0 spiro atoms. The zero-order chi connectivity index (χ0) is 6.15. The van der Waals surface area contributed by atoms with E-state index in [0.29, 0.717) is 0 Å². The number of hydrogen-bond acceptors (Lipinski definition) is 0. The molecule has 8 heavy (non-hydrogen) atoms. The molecular weight excluding hydrogens is 96.1 g/mol. The van der Waals surface area contributed by atoms with Crippen molar-refractivity contribution in [1.29, 1.82) is 0 Å². The van der Waals surface area contributed by atoms with Gasteiger partial charge in [-0.05, 0) is 25.2 Å². The Labute approximate surface area is 51.6 Å². The van der Waals surface area contributed by atoms with E-state index in [4.69, 9.17) is 0 Å². The lowest BCUT2D eigenvalue weighted by atomic mass is 9.75. The summed E-state index contributed by atoms with van der Waals surface area (Å²) in [7, 11) is 0. The molecule has 2 unspecified atom stereocenters. The third-order valence-corrected chi connectivity index (χ3v) is 2.19. The van der Waals surface area contributed by atoms with Crippen molar-refractivity contribution in [3.8, 4) is 0 Å². The Morgan fingerprint density at radius 1 is 1.62 bits per heavy atom. The van der Waals surface area contributed by atoms with Crippen molar-refractivity contribution in [1.82, 2.24) is 0 Å². The second-order valence-corrected chi connectivity index (χ2v) is 2.78. The normalized spacial score (nSPS) is 36.1. The molecule has 0 N–H and O–H groups in total. The second-order valence-electron chi connectivity index (χ2n) is 2.78. The van der Waals surface area contributed by atoms with Crippen LogP contribution in [0.25, 0.3) is 0 Å². The van der Waals surface area contributed by atoms with Crippen LogP contribution in [-0.2, 0) is 0 Å². The van der Waals surface area contributed by atoms with Crippen LogP contribution in [0.15, 0.2) is 11.6 Å². The summed E-state index contributed by atoms with van der Waals surface area (Å²) in [5.41, 5.74) is 1.60. The van der Waals surface area contributed by atoms with Crippen molar-refractivity contribution >= 4 is 0 Å². The molecule has 0 saturated heterocycles. The van der Waals surface area contributed by atoms with Gasteiger partial charge in [-0.15, -0.1) is 0 Å². The van der Waals surface area contributed by atoms with Gasteiger partial charge in [0.1, 0.15) is 0 Å². The lowest BCUT2D eigenvalue weighted by Crippen LogP contribution is -2.19. The van der Waals surface area contributed by atoms with Crippen LogP contribution in [0, 0.1) is 11.8 Å². The first kappa shape index (κ1) is 5.87. The van der Waals surface area contributed by atoms with E-state index < -0.39 is 0 Å². The molecule has 1 aliphatic rings. The predicted octanol–water partition coefficient (Wildman–Crippen LogP) is 2.61. The summed E-state index contributed by atoms with van der Waals surface area (Å²) in [6.07, 6.45) is 3.68. The molecule has 0 aromatic heterocycles. The molecule has 0 saturated carbocycles. The van der Waals surface area contributed by atoms with E-state index in [1.807, 2.05) is 0 Å². The highest BCUT2D eigenvalue weighted by molar-refractivity contribution is 5.18. The van der Waals surface area contributed by atoms with Gasteiger partial charge < -0.3 is 0 Å². The summed E-state index contributed by atoms with van der Waals surface area (Å²) < 4.78 is 0. The van der Waals surface area contributed by atoms with Crippen LogP contribution in [0.1, 0.15) is 27.2 Å². The summed E-state index contributed by atoms with van der Waals surface area (Å²) >= 11 is 0. The van der Waals surface area contributed by atoms with E-state index in [0.717, 1.165) is 11.8 Å². The van der Waals surface area contributed by atoms with Crippen LogP contribution in [0.3, 0.4) is 0 Å². The topological polar surface area (TPSA) is 0 Å². The van der Waals surface area contributed by atoms with Crippen molar-refractivity contribution in [2.24, 2.45) is 11.8 Å². The lowest BCUT2D eigenvalue weighted by molar-refractivity contribution is 0.413. The van der Waals surface area contributed by atoms with Crippen LogP contribution in [-0.4, -0.2) is 0 Å². The van der Waals surface area contributed by atoms with Crippen molar-refractivity contribution < 1.29 is 0 Å². The number of rotatable bonds is 1. The molecular formula is C8H14. The molecule has 0 heteroatoms. The zero-order valence-corrected chi connectivity index (χ0v) is 5.94. The van der Waals surface area contributed by atoms with Crippen molar-refractivity contribution in [3.05, 3.63) is 11.6 Å². The summed E-state index contributed by atoms with van der Waals surface area (Å²) in [6, 6.07) is 0. The number of allylic oxidation sites excluding steroid dienone is 2. The van der Waals surface area contributed by atoms with Gasteiger partial charge in [-0.3, -0.25) is 0 Å². The van der Waals surface area contributed by atoms with Crippen LogP contribution >= 0.6 is 0 Å². The van der Waals surface area contributed by atoms with E-state index in [9.17, 15) is 0 Å². The van der Waals surface area contributed by atoms with Gasteiger partial charge >= 0.3 is 0 Å². The van der Waals surface area contributed by atoms with Gasteiger partial charge in [0.25, 0.3) is 0 Å². The minimum absolute atomic E-state index is 0.861. The highest BCUT2D eigenvalue weighted by Gasteiger charge is 2.22. The molecule has 0 radical (unpaired) electrons. The quantitative estimate of drug-likeness (QED) is 0.455. The van der Waals surface area contributed by atoms with Crippen molar-refractivity contribution in [3.63, 3.8) is 0 Å². The smallest absolute Gasteiger partial charge is 0.0148 e. The summed E-state index contributed by atoms with van der Waals surface area (Å²) in [5, 5.41) is 0. The molecule has 0 heterocycles. The van der Waals surface area contributed by atoms with E-state index in [1.54, 1.807) is 5.57 Å². The fraction of sp³-hybridized carbons (Fsp3) is 0.750. The summed E-state index contributed by atoms with van der Waals surface area (Å²) in [5.74, 6) is 1.77. The van der Waals surface area contributed by atoms with Gasteiger partial charge in [0, 0.05) is 0 Å². The van der Waals surface area contributed by atoms with Gasteiger partial charge in [-0.25, -0.2) is 0 Å². The third kappa shape index (κ3) is 0.683. The SMILES string of the molecule is CCC1C(C)=CC1C. The number of hydrogen-bond donors (Lipinski definition) is 0. The van der Waals surface area contributed by atoms with Gasteiger partial charge in [-0.2, -0.15) is 0 Å². The third-order valence-electron chi connectivity index (χ3n) is 2.19. The van der Waals surface area contributed by atoms with Crippen LogP contribution in [0.5, 0.6) is 0 Å². The van der Waals surface area contributed by atoms with Crippen molar-refractivity contribution in [2.45, 2.75) is 27.2 Å². The molecule has 0 fully saturated rings. The fourth-order valence-corrected chi connectivity index (χ4v) is 1.64. The molecule has 0 nitrogen and oxygen atoms in total. The largest absolute Gasteiger partial charge is 0.0819 e. The predicted molar refractivity (Wildman–Crippen MR) is 36.7 cm³/mol. The molecule has 46 valence electrons. The molecule has 1 aliphatic carbocycles. The van der Waals surface area contributed by atoms with Crippen LogP contribution < -0.4 is 0 Å². The maximum Gasteiger partial charge on any atom is -0.0148 e. The van der Waals surface area contributed by atoms with Gasteiger partial charge in [0.2, 0.25) is 0 Å². The molecule has 0 aromatic rings. The molecule has 2 atom stereocenters. The lowest BCUT2D eigenvalue weighted by Gasteiger charge is -2.30.